The van der Waals surface area contributed by atoms with E-state index in [2.05, 4.69) is 47.0 Å². The van der Waals surface area contributed by atoms with E-state index in [0.29, 0.717) is 10.3 Å². The van der Waals surface area contributed by atoms with Crippen molar-refractivity contribution in [1.29, 1.82) is 0 Å². The number of hydrogen-bond acceptors (Lipinski definition) is 4. The summed E-state index contributed by atoms with van der Waals surface area (Å²) in [6, 6.07) is 1.44. The van der Waals surface area contributed by atoms with Gasteiger partial charge >= 0.3 is 0 Å². The third-order valence-corrected chi connectivity index (χ3v) is 2.43. The van der Waals surface area contributed by atoms with Gasteiger partial charge in [-0.1, -0.05) is 20.8 Å². The van der Waals surface area contributed by atoms with Crippen LogP contribution in [0.1, 0.15) is 20.8 Å². The van der Waals surface area contributed by atoms with Crippen molar-refractivity contribution < 1.29 is 4.92 Å². The summed E-state index contributed by atoms with van der Waals surface area (Å²) in [5.41, 5.74) is 0.108. The molecule has 0 aromatic carbocycles. The van der Waals surface area contributed by atoms with Crippen molar-refractivity contribution in [2.75, 3.05) is 11.9 Å². The topological polar surface area (TPSA) is 68.1 Å². The summed E-state index contributed by atoms with van der Waals surface area (Å²) >= 11 is 3.25. The van der Waals surface area contributed by atoms with Crippen LogP contribution in [-0.2, 0) is 0 Å². The molecule has 88 valence electrons. The van der Waals surface area contributed by atoms with Crippen molar-refractivity contribution in [3.63, 3.8) is 0 Å². The van der Waals surface area contributed by atoms with Crippen LogP contribution in [0.25, 0.3) is 0 Å². The summed E-state index contributed by atoms with van der Waals surface area (Å²) in [7, 11) is 0. The number of nitro groups is 1. The molecule has 0 bridgehead atoms. The monoisotopic (exact) mass is 287 g/mol. The second-order valence-electron chi connectivity index (χ2n) is 4.70. The van der Waals surface area contributed by atoms with Gasteiger partial charge < -0.3 is 5.32 Å². The molecule has 0 saturated heterocycles. The molecule has 1 aromatic heterocycles. The number of hydrogen-bond donors (Lipinski definition) is 1. The van der Waals surface area contributed by atoms with Crippen LogP contribution in [0.2, 0.25) is 0 Å². The molecule has 16 heavy (non-hydrogen) atoms. The minimum Gasteiger partial charge on any atom is -0.369 e. The fourth-order valence-corrected chi connectivity index (χ4v) is 1.48. The van der Waals surface area contributed by atoms with E-state index in [1.807, 2.05) is 0 Å². The number of nitrogens with zero attached hydrogens (tertiary/aromatic N) is 2. The maximum absolute atomic E-state index is 10.5. The van der Waals surface area contributed by atoms with Crippen LogP contribution in [-0.4, -0.2) is 16.5 Å². The molecule has 0 radical (unpaired) electrons. The average Bonchev–Trinajstić information content (AvgIpc) is 2.14. The van der Waals surface area contributed by atoms with Gasteiger partial charge in [0.1, 0.15) is 12.0 Å². The Bertz CT molecular complexity index is 402. The predicted octanol–water partition coefficient (Wildman–Crippen LogP) is 3.21. The molecule has 0 unspecified atom stereocenters. The van der Waals surface area contributed by atoms with Gasteiger partial charge in [-0.25, -0.2) is 4.98 Å². The first kappa shape index (κ1) is 12.9. The highest BCUT2D eigenvalue weighted by Crippen LogP contribution is 2.25. The second-order valence-corrected chi connectivity index (χ2v) is 5.55. The van der Waals surface area contributed by atoms with Crippen molar-refractivity contribution in [2.24, 2.45) is 5.41 Å². The number of pyridine rings is 1. The standard InChI is InChI=1S/C10H14BrN3O2/c1-10(2,3)6-13-9-8(11)4-7(5-12-9)14(15)16/h4-5H,6H2,1-3H3,(H,12,13). The van der Waals surface area contributed by atoms with E-state index in [9.17, 15) is 10.1 Å². The first-order valence-corrected chi connectivity index (χ1v) is 5.63. The van der Waals surface area contributed by atoms with Crippen LogP contribution in [0.5, 0.6) is 0 Å². The smallest absolute Gasteiger partial charge is 0.288 e. The van der Waals surface area contributed by atoms with Crippen molar-refractivity contribution in [3.8, 4) is 0 Å². The lowest BCUT2D eigenvalue weighted by Crippen LogP contribution is -2.19. The molecule has 1 aromatic rings. The Morgan fingerprint density at radius 1 is 1.56 bits per heavy atom. The van der Waals surface area contributed by atoms with Gasteiger partial charge in [0.25, 0.3) is 5.69 Å². The van der Waals surface area contributed by atoms with Crippen molar-refractivity contribution in [3.05, 3.63) is 26.9 Å². The van der Waals surface area contributed by atoms with Crippen LogP contribution >= 0.6 is 15.9 Å². The molecule has 1 N–H and O–H groups in total. The molecule has 0 aliphatic carbocycles. The fourth-order valence-electron chi connectivity index (χ4n) is 1.01. The first-order chi connectivity index (χ1) is 7.29. The Hall–Kier alpha value is -1.17. The van der Waals surface area contributed by atoms with E-state index in [-0.39, 0.29) is 11.1 Å². The van der Waals surface area contributed by atoms with E-state index in [4.69, 9.17) is 0 Å². The van der Waals surface area contributed by atoms with Gasteiger partial charge in [-0.05, 0) is 21.3 Å². The van der Waals surface area contributed by atoms with Gasteiger partial charge in [-0.15, -0.1) is 0 Å². The molecule has 0 saturated carbocycles. The summed E-state index contributed by atoms with van der Waals surface area (Å²) < 4.78 is 0.603. The minimum atomic E-state index is -0.467. The lowest BCUT2D eigenvalue weighted by molar-refractivity contribution is -0.385. The van der Waals surface area contributed by atoms with Gasteiger partial charge in [0.05, 0.1) is 9.40 Å². The zero-order valence-corrected chi connectivity index (χ0v) is 11.0. The lowest BCUT2D eigenvalue weighted by Gasteiger charge is -2.19. The zero-order valence-electron chi connectivity index (χ0n) is 9.45. The highest BCUT2D eigenvalue weighted by atomic mass is 79.9. The Morgan fingerprint density at radius 2 is 2.19 bits per heavy atom. The normalized spacial score (nSPS) is 11.2. The predicted molar refractivity (Wildman–Crippen MR) is 66.5 cm³/mol. The van der Waals surface area contributed by atoms with Crippen LogP contribution in [0, 0.1) is 15.5 Å². The highest BCUT2D eigenvalue weighted by molar-refractivity contribution is 9.10. The van der Waals surface area contributed by atoms with E-state index >= 15 is 0 Å². The van der Waals surface area contributed by atoms with Crippen molar-refractivity contribution in [2.45, 2.75) is 20.8 Å². The SMILES string of the molecule is CC(C)(C)CNc1ncc([N+](=O)[O-])cc1Br. The summed E-state index contributed by atoms with van der Waals surface area (Å²) in [4.78, 5) is 14.0. The number of aromatic nitrogens is 1. The summed E-state index contributed by atoms with van der Waals surface area (Å²) in [5.74, 6) is 0.625. The fraction of sp³-hybridized carbons (Fsp3) is 0.500. The maximum Gasteiger partial charge on any atom is 0.288 e. The third-order valence-electron chi connectivity index (χ3n) is 1.82. The molecule has 1 heterocycles. The Kier molecular flexibility index (Phi) is 3.85. The summed E-state index contributed by atoms with van der Waals surface area (Å²) in [6.07, 6.45) is 1.25. The van der Waals surface area contributed by atoms with E-state index in [0.717, 1.165) is 6.54 Å². The van der Waals surface area contributed by atoms with Crippen molar-refractivity contribution >= 4 is 27.4 Å². The van der Waals surface area contributed by atoms with Gasteiger partial charge in [0.15, 0.2) is 0 Å². The Labute approximate surface area is 103 Å². The number of nitrogens with one attached hydrogen (secondary N) is 1. The van der Waals surface area contributed by atoms with Crippen LogP contribution in [0.3, 0.4) is 0 Å². The number of halogens is 1. The molecule has 1 rings (SSSR count). The van der Waals surface area contributed by atoms with Crippen LogP contribution in [0.4, 0.5) is 11.5 Å². The highest BCUT2D eigenvalue weighted by Gasteiger charge is 2.13. The molecule has 0 fully saturated rings. The van der Waals surface area contributed by atoms with Gasteiger partial charge in [-0.3, -0.25) is 10.1 Å². The van der Waals surface area contributed by atoms with Gasteiger partial charge in [0, 0.05) is 12.6 Å². The molecule has 0 spiro atoms. The zero-order chi connectivity index (χ0) is 12.3. The third kappa shape index (κ3) is 3.77. The molecule has 6 heteroatoms. The van der Waals surface area contributed by atoms with Gasteiger partial charge in [0.2, 0.25) is 0 Å². The largest absolute Gasteiger partial charge is 0.369 e. The Balaban J connectivity index is 2.80. The molecular weight excluding hydrogens is 274 g/mol. The number of rotatable bonds is 3. The maximum atomic E-state index is 10.5. The van der Waals surface area contributed by atoms with Crippen molar-refractivity contribution in [1.82, 2.24) is 4.98 Å². The summed E-state index contributed by atoms with van der Waals surface area (Å²) in [6.45, 7) is 7.04. The quantitative estimate of drug-likeness (QED) is 0.685. The number of anilines is 1. The van der Waals surface area contributed by atoms with Crippen LogP contribution < -0.4 is 5.32 Å². The molecular formula is C10H14BrN3O2. The minimum absolute atomic E-state index is 0.0202. The van der Waals surface area contributed by atoms with Gasteiger partial charge in [-0.2, -0.15) is 0 Å². The first-order valence-electron chi connectivity index (χ1n) is 4.83. The van der Waals surface area contributed by atoms with E-state index < -0.39 is 4.92 Å². The average molecular weight is 288 g/mol. The molecule has 0 aliphatic heterocycles. The van der Waals surface area contributed by atoms with Crippen LogP contribution in [0.15, 0.2) is 16.7 Å². The molecule has 0 aliphatic rings. The summed E-state index contributed by atoms with van der Waals surface area (Å²) in [5, 5.41) is 13.6. The molecule has 5 nitrogen and oxygen atoms in total. The molecule has 0 amide bonds. The second kappa shape index (κ2) is 4.78. The Morgan fingerprint density at radius 3 is 2.62 bits per heavy atom. The lowest BCUT2D eigenvalue weighted by atomic mass is 9.97. The van der Waals surface area contributed by atoms with E-state index in [1.54, 1.807) is 0 Å². The van der Waals surface area contributed by atoms with E-state index in [1.165, 1.54) is 12.3 Å². The molecule has 0 atom stereocenters.